The third-order valence-corrected chi connectivity index (χ3v) is 5.03. The zero-order valence-corrected chi connectivity index (χ0v) is 14.7. The van der Waals surface area contributed by atoms with Crippen LogP contribution in [0.5, 0.6) is 0 Å². The highest BCUT2D eigenvalue weighted by Gasteiger charge is 2.33. The van der Waals surface area contributed by atoms with Crippen molar-refractivity contribution >= 4 is 40.1 Å². The Morgan fingerprint density at radius 1 is 1.40 bits per heavy atom. The minimum absolute atomic E-state index is 0.214. The molecule has 2 atom stereocenters. The van der Waals surface area contributed by atoms with Gasteiger partial charge in [-0.3, -0.25) is 4.79 Å². The molecule has 25 heavy (non-hydrogen) atoms. The number of aryl methyl sites for hydroxylation is 1. The number of hydrogen-bond acceptors (Lipinski definition) is 7. The smallest absolute Gasteiger partial charge is 0.250 e. The summed E-state index contributed by atoms with van der Waals surface area (Å²) in [6, 6.07) is 6.31. The van der Waals surface area contributed by atoms with Gasteiger partial charge in [0.2, 0.25) is 0 Å². The van der Waals surface area contributed by atoms with Crippen LogP contribution in [0.2, 0.25) is 0 Å². The molecular formula is C17H21N5O2S. The van der Waals surface area contributed by atoms with Gasteiger partial charge < -0.3 is 26.9 Å². The maximum atomic E-state index is 11.7. The Kier molecular flexibility index (Phi) is 5.00. The van der Waals surface area contributed by atoms with Gasteiger partial charge in [0.15, 0.2) is 0 Å². The molecule has 0 saturated heterocycles. The van der Waals surface area contributed by atoms with Gasteiger partial charge >= 0.3 is 0 Å². The van der Waals surface area contributed by atoms with Gasteiger partial charge in [-0.15, -0.1) is 0 Å². The van der Waals surface area contributed by atoms with Crippen molar-refractivity contribution in [3.8, 4) is 0 Å². The highest BCUT2D eigenvalue weighted by atomic mass is 32.1. The molecule has 1 aromatic heterocycles. The number of nitrogens with two attached hydrogens (primary N) is 2. The number of anilines is 3. The van der Waals surface area contributed by atoms with E-state index in [9.17, 15) is 9.59 Å². The fourth-order valence-corrected chi connectivity index (χ4v) is 3.37. The Balaban J connectivity index is 1.83. The molecule has 1 saturated carbocycles. The molecule has 6 N–H and O–H groups in total. The van der Waals surface area contributed by atoms with Crippen LogP contribution in [0.25, 0.3) is 0 Å². The molecule has 0 bridgehead atoms. The van der Waals surface area contributed by atoms with E-state index in [1.165, 1.54) is 11.5 Å². The second kappa shape index (κ2) is 7.20. The van der Waals surface area contributed by atoms with Crippen molar-refractivity contribution in [3.05, 3.63) is 35.5 Å². The summed E-state index contributed by atoms with van der Waals surface area (Å²) in [5.74, 6) is -0.137. The molecule has 1 aromatic carbocycles. The van der Waals surface area contributed by atoms with Crippen LogP contribution in [-0.4, -0.2) is 28.7 Å². The molecule has 2 unspecified atom stereocenters. The van der Waals surface area contributed by atoms with E-state index < -0.39 is 11.9 Å². The molecule has 3 rings (SSSR count). The van der Waals surface area contributed by atoms with E-state index in [-0.39, 0.29) is 6.04 Å². The minimum atomic E-state index is -0.531. The molecule has 8 heteroatoms. The number of aldehydes is 1. The van der Waals surface area contributed by atoms with Crippen LogP contribution in [0.1, 0.15) is 28.9 Å². The van der Waals surface area contributed by atoms with Gasteiger partial charge in [-0.1, -0.05) is 0 Å². The lowest BCUT2D eigenvalue weighted by molar-refractivity contribution is -0.108. The minimum Gasteiger partial charge on any atom is -0.374 e. The third kappa shape index (κ3) is 4.15. The maximum Gasteiger partial charge on any atom is 0.250 e. The van der Waals surface area contributed by atoms with Crippen molar-refractivity contribution < 1.29 is 9.59 Å². The fraction of sp³-hybridized carbons (Fsp3) is 0.353. The fourth-order valence-electron chi connectivity index (χ4n) is 2.70. The summed E-state index contributed by atoms with van der Waals surface area (Å²) < 4.78 is 4.21. The lowest BCUT2D eigenvalue weighted by Crippen LogP contribution is -2.43. The lowest BCUT2D eigenvalue weighted by Gasteiger charge is -2.21. The van der Waals surface area contributed by atoms with Gasteiger partial charge in [0, 0.05) is 11.7 Å². The summed E-state index contributed by atoms with van der Waals surface area (Å²) in [5.41, 5.74) is 14.1. The average molecular weight is 359 g/mol. The second-order valence-corrected chi connectivity index (χ2v) is 7.11. The van der Waals surface area contributed by atoms with Crippen LogP contribution in [0.15, 0.2) is 24.3 Å². The Morgan fingerprint density at radius 2 is 2.16 bits per heavy atom. The number of nitrogens with one attached hydrogen (secondary N) is 2. The number of nitrogens with zero attached hydrogens (tertiary/aromatic N) is 1. The Labute approximate surface area is 150 Å². The molecule has 2 aromatic rings. The molecule has 0 spiro atoms. The number of aromatic nitrogens is 1. The first-order valence-electron chi connectivity index (χ1n) is 8.09. The van der Waals surface area contributed by atoms with Gasteiger partial charge in [0.05, 0.1) is 23.0 Å². The zero-order valence-electron chi connectivity index (χ0n) is 13.9. The average Bonchev–Trinajstić information content (AvgIpc) is 3.35. The molecule has 0 radical (unpaired) electrons. The molecule has 1 fully saturated rings. The van der Waals surface area contributed by atoms with Crippen LogP contribution < -0.4 is 22.1 Å². The molecule has 1 aliphatic rings. The predicted octanol–water partition coefficient (Wildman–Crippen LogP) is 2.01. The van der Waals surface area contributed by atoms with Gasteiger partial charge in [-0.05, 0) is 61.5 Å². The van der Waals surface area contributed by atoms with E-state index in [0.29, 0.717) is 22.9 Å². The van der Waals surface area contributed by atoms with Crippen molar-refractivity contribution in [2.75, 3.05) is 10.6 Å². The van der Waals surface area contributed by atoms with Crippen LogP contribution in [0.3, 0.4) is 0 Å². The van der Waals surface area contributed by atoms with Crippen LogP contribution in [-0.2, 0) is 4.79 Å². The van der Waals surface area contributed by atoms with Crippen LogP contribution in [0.4, 0.5) is 16.4 Å². The first-order chi connectivity index (χ1) is 12.0. The van der Waals surface area contributed by atoms with E-state index >= 15 is 0 Å². The standard InChI is InChI=1S/C17H21N5O2S/c1-9-6-15(25-22-9)21-13-7-11(4-5-12(13)17(19)24)20-14(8-23)16(18)10-2-3-10/h4-8,10,14,16,20-21H,2-3,18H2,1H3,(H2,19,24). The van der Waals surface area contributed by atoms with E-state index in [0.717, 1.165) is 29.8 Å². The highest BCUT2D eigenvalue weighted by Crippen LogP contribution is 2.33. The number of carbonyl (C=O) groups excluding carboxylic acids is 2. The molecule has 7 nitrogen and oxygen atoms in total. The Bertz CT molecular complexity index is 787. The van der Waals surface area contributed by atoms with E-state index in [1.54, 1.807) is 18.2 Å². The molecule has 0 aliphatic heterocycles. The second-order valence-electron chi connectivity index (χ2n) is 6.30. The van der Waals surface area contributed by atoms with Crippen molar-refractivity contribution in [3.63, 3.8) is 0 Å². The van der Waals surface area contributed by atoms with Crippen molar-refractivity contribution in [1.82, 2.24) is 4.37 Å². The third-order valence-electron chi connectivity index (χ3n) is 4.23. The number of hydrogen-bond donors (Lipinski definition) is 4. The van der Waals surface area contributed by atoms with Gasteiger partial charge in [-0.2, -0.15) is 4.37 Å². The number of primary amides is 1. The maximum absolute atomic E-state index is 11.7. The van der Waals surface area contributed by atoms with E-state index in [1.807, 2.05) is 13.0 Å². The number of benzene rings is 1. The van der Waals surface area contributed by atoms with E-state index in [2.05, 4.69) is 15.0 Å². The van der Waals surface area contributed by atoms with Crippen molar-refractivity contribution in [1.29, 1.82) is 0 Å². The van der Waals surface area contributed by atoms with Crippen LogP contribution in [0, 0.1) is 12.8 Å². The predicted molar refractivity (Wildman–Crippen MR) is 99.3 cm³/mol. The summed E-state index contributed by atoms with van der Waals surface area (Å²) in [6.45, 7) is 1.89. The Morgan fingerprint density at radius 3 is 2.72 bits per heavy atom. The van der Waals surface area contributed by atoms with Gasteiger partial charge in [-0.25, -0.2) is 0 Å². The molecule has 132 valence electrons. The summed E-state index contributed by atoms with van der Waals surface area (Å²) in [7, 11) is 0. The first kappa shape index (κ1) is 17.4. The molecular weight excluding hydrogens is 338 g/mol. The normalized spacial score (nSPS) is 16.1. The van der Waals surface area contributed by atoms with Gasteiger partial charge in [0.25, 0.3) is 5.91 Å². The quantitative estimate of drug-likeness (QED) is 0.535. The summed E-state index contributed by atoms with van der Waals surface area (Å²) in [5, 5.41) is 7.12. The summed E-state index contributed by atoms with van der Waals surface area (Å²) in [4.78, 5) is 23.1. The number of amides is 1. The molecule has 1 aliphatic carbocycles. The van der Waals surface area contributed by atoms with Crippen molar-refractivity contribution in [2.24, 2.45) is 17.4 Å². The molecule has 1 amide bonds. The first-order valence-corrected chi connectivity index (χ1v) is 8.87. The largest absolute Gasteiger partial charge is 0.374 e. The number of rotatable bonds is 8. The van der Waals surface area contributed by atoms with E-state index in [4.69, 9.17) is 11.5 Å². The zero-order chi connectivity index (χ0) is 18.0. The SMILES string of the molecule is Cc1cc(Nc2cc(NC(C=O)C(N)C3CC3)ccc2C(N)=O)sn1. The monoisotopic (exact) mass is 359 g/mol. The lowest BCUT2D eigenvalue weighted by atomic mass is 10.0. The summed E-state index contributed by atoms with van der Waals surface area (Å²) in [6.07, 6.45) is 2.96. The summed E-state index contributed by atoms with van der Waals surface area (Å²) >= 11 is 1.30. The van der Waals surface area contributed by atoms with Gasteiger partial charge in [0.1, 0.15) is 11.3 Å². The number of carbonyl (C=O) groups is 2. The highest BCUT2D eigenvalue weighted by molar-refractivity contribution is 7.10. The van der Waals surface area contributed by atoms with Crippen LogP contribution >= 0.6 is 11.5 Å². The Hall–Kier alpha value is -2.45. The topological polar surface area (TPSA) is 123 Å². The molecule has 1 heterocycles. The van der Waals surface area contributed by atoms with Crippen molar-refractivity contribution in [2.45, 2.75) is 31.8 Å².